The van der Waals surface area contributed by atoms with Crippen LogP contribution in [0.15, 0.2) is 0 Å². The van der Waals surface area contributed by atoms with Crippen LogP contribution < -0.4 is 10.6 Å². The second-order valence-corrected chi connectivity index (χ2v) is 10.4. The summed E-state index contributed by atoms with van der Waals surface area (Å²) in [5.74, 6) is -1.23. The van der Waals surface area contributed by atoms with Gasteiger partial charge in [0, 0.05) is 32.2 Å². The summed E-state index contributed by atoms with van der Waals surface area (Å²) in [6.45, 7) is 1.57. The maximum Gasteiger partial charge on any atom is 0.252 e. The molecule has 4 saturated heterocycles. The van der Waals surface area contributed by atoms with Gasteiger partial charge in [0.25, 0.3) is 5.91 Å². The van der Waals surface area contributed by atoms with Gasteiger partial charge in [0.2, 0.25) is 11.8 Å². The predicted molar refractivity (Wildman–Crippen MR) is 120 cm³/mol. The highest BCUT2D eigenvalue weighted by Gasteiger charge is 2.51. The van der Waals surface area contributed by atoms with E-state index in [1.807, 2.05) is 26.0 Å². The van der Waals surface area contributed by atoms with Crippen LogP contribution in [-0.2, 0) is 19.1 Å². The number of nitrogens with zero attached hydrogens (tertiary/aromatic N) is 3. The van der Waals surface area contributed by atoms with Gasteiger partial charge >= 0.3 is 0 Å². The van der Waals surface area contributed by atoms with E-state index in [1.165, 1.54) is 0 Å². The lowest BCUT2D eigenvalue weighted by molar-refractivity contribution is -0.220. The highest BCUT2D eigenvalue weighted by Crippen LogP contribution is 2.31. The number of carbonyl (C=O) groups excluding carboxylic acids is 3. The molecule has 4 aliphatic rings. The van der Waals surface area contributed by atoms with E-state index < -0.39 is 48.0 Å². The quantitative estimate of drug-likeness (QED) is 0.255. The Morgan fingerprint density at radius 3 is 2.32 bits per heavy atom. The zero-order chi connectivity index (χ0) is 24.8. The average Bonchev–Trinajstić information content (AvgIpc) is 3.24. The smallest absolute Gasteiger partial charge is 0.252 e. The molecule has 0 aromatic heterocycles. The molecule has 0 aromatic rings. The number of fused-ring (bicyclic) bond motifs is 3. The van der Waals surface area contributed by atoms with Crippen molar-refractivity contribution in [3.8, 4) is 0 Å². The number of amides is 3. The number of aliphatic hydroxyl groups excluding tert-OH is 3. The lowest BCUT2D eigenvalue weighted by Gasteiger charge is -2.44. The summed E-state index contributed by atoms with van der Waals surface area (Å²) in [4.78, 5) is 45.7. The van der Waals surface area contributed by atoms with Crippen molar-refractivity contribution in [2.45, 2.75) is 73.8 Å². The number of hydrogen-bond donors (Lipinski definition) is 5. The van der Waals surface area contributed by atoms with Crippen LogP contribution in [-0.4, -0.2) is 143 Å². The van der Waals surface area contributed by atoms with Gasteiger partial charge in [0.15, 0.2) is 6.10 Å². The Hall–Kier alpha value is -1.83. The SMILES string of the molecule is CN1CCC2(CC1)CC(=O)N1CC[C@@H](N(C)C)[C@H]1C(=O)NC[C@@H]1O[C@H](C(=O)N2)[C@H](O)[C@H](O)[C@H]1O. The van der Waals surface area contributed by atoms with Crippen molar-refractivity contribution >= 4 is 17.7 Å². The lowest BCUT2D eigenvalue weighted by atomic mass is 9.83. The number of likely N-dealkylation sites (N-methyl/N-ethyl adjacent to an activating group) is 1. The number of hydrogen-bond acceptors (Lipinski definition) is 9. The molecule has 7 atom stereocenters. The van der Waals surface area contributed by atoms with Crippen molar-refractivity contribution in [2.24, 2.45) is 0 Å². The van der Waals surface area contributed by atoms with Crippen LogP contribution in [0.4, 0.5) is 0 Å². The van der Waals surface area contributed by atoms with Crippen LogP contribution in [0.25, 0.3) is 0 Å². The summed E-state index contributed by atoms with van der Waals surface area (Å²) in [6, 6.07) is -0.913. The molecule has 3 amide bonds. The molecule has 4 heterocycles. The standard InChI is InChI=1S/C22H37N5O7/c1-25(2)12-4-7-27-14(28)10-22(5-8-26(3)9-6-22)24-21(33)19-18(31)17(30)16(29)13(34-19)11-23-20(32)15(12)27/h12-13,15-19,29-31H,4-11H2,1-3H3,(H,23,32)(H,24,33)/t12-,13+,15+,16+,17-,18-,19+/m1/s1. The van der Waals surface area contributed by atoms with Crippen molar-refractivity contribution in [1.29, 1.82) is 0 Å². The van der Waals surface area contributed by atoms with Crippen molar-refractivity contribution < 1.29 is 34.4 Å². The van der Waals surface area contributed by atoms with Crippen LogP contribution >= 0.6 is 0 Å². The minimum absolute atomic E-state index is 0.0218. The molecule has 12 heteroatoms. The van der Waals surface area contributed by atoms with Crippen LogP contribution in [0, 0.1) is 0 Å². The van der Waals surface area contributed by atoms with Gasteiger partial charge in [0.1, 0.15) is 30.5 Å². The second-order valence-electron chi connectivity index (χ2n) is 10.4. The molecule has 0 radical (unpaired) electrons. The lowest BCUT2D eigenvalue weighted by Crippen LogP contribution is -2.66. The fourth-order valence-corrected chi connectivity index (χ4v) is 5.67. The Bertz CT molecular complexity index is 803. The molecule has 4 aliphatic heterocycles. The van der Waals surface area contributed by atoms with E-state index >= 15 is 0 Å². The molecule has 0 aliphatic carbocycles. The molecular weight excluding hydrogens is 446 g/mol. The molecule has 0 aromatic carbocycles. The first-order valence-corrected chi connectivity index (χ1v) is 12.0. The molecular formula is C22H37N5O7. The summed E-state index contributed by atoms with van der Waals surface area (Å²) in [7, 11) is 5.69. The maximum absolute atomic E-state index is 13.6. The molecule has 12 nitrogen and oxygen atoms in total. The molecule has 4 rings (SSSR count). The van der Waals surface area contributed by atoms with Crippen molar-refractivity contribution in [1.82, 2.24) is 25.3 Å². The van der Waals surface area contributed by atoms with Gasteiger partial charge in [-0.25, -0.2) is 0 Å². The van der Waals surface area contributed by atoms with Crippen molar-refractivity contribution in [3.63, 3.8) is 0 Å². The summed E-state index contributed by atoms with van der Waals surface area (Å²) in [5.41, 5.74) is -0.869. The third-order valence-corrected chi connectivity index (χ3v) is 7.89. The van der Waals surface area contributed by atoms with Crippen molar-refractivity contribution in [2.75, 3.05) is 47.3 Å². The van der Waals surface area contributed by atoms with Crippen LogP contribution in [0.1, 0.15) is 25.7 Å². The Balaban J connectivity index is 1.70. The van der Waals surface area contributed by atoms with E-state index in [2.05, 4.69) is 15.5 Å². The van der Waals surface area contributed by atoms with Gasteiger partial charge < -0.3 is 45.4 Å². The summed E-state index contributed by atoms with van der Waals surface area (Å²) < 4.78 is 5.72. The average molecular weight is 484 g/mol. The fraction of sp³-hybridized carbons (Fsp3) is 0.864. The number of piperidine rings is 1. The Morgan fingerprint density at radius 1 is 1.00 bits per heavy atom. The third kappa shape index (κ3) is 4.67. The molecule has 1 spiro atoms. The van der Waals surface area contributed by atoms with Gasteiger partial charge in [0.05, 0.1) is 12.0 Å². The zero-order valence-corrected chi connectivity index (χ0v) is 20.0. The van der Waals surface area contributed by atoms with Crippen LogP contribution in [0.5, 0.6) is 0 Å². The highest BCUT2D eigenvalue weighted by atomic mass is 16.5. The maximum atomic E-state index is 13.6. The van der Waals surface area contributed by atoms with E-state index in [9.17, 15) is 29.7 Å². The van der Waals surface area contributed by atoms with Crippen molar-refractivity contribution in [3.05, 3.63) is 0 Å². The largest absolute Gasteiger partial charge is 0.388 e. The Labute approximate surface area is 199 Å². The number of rotatable bonds is 1. The minimum atomic E-state index is -1.65. The van der Waals surface area contributed by atoms with Crippen LogP contribution in [0.3, 0.4) is 0 Å². The van der Waals surface area contributed by atoms with Gasteiger partial charge in [-0.3, -0.25) is 14.4 Å². The Morgan fingerprint density at radius 2 is 1.68 bits per heavy atom. The summed E-state index contributed by atoms with van der Waals surface area (Å²) >= 11 is 0. The van der Waals surface area contributed by atoms with Gasteiger partial charge in [-0.15, -0.1) is 0 Å². The molecule has 0 unspecified atom stereocenters. The fourth-order valence-electron chi connectivity index (χ4n) is 5.67. The first-order valence-electron chi connectivity index (χ1n) is 12.0. The third-order valence-electron chi connectivity index (χ3n) is 7.89. The number of ether oxygens (including phenoxy) is 1. The van der Waals surface area contributed by atoms with E-state index in [4.69, 9.17) is 4.74 Å². The first kappa shape index (κ1) is 25.3. The molecule has 34 heavy (non-hydrogen) atoms. The van der Waals surface area contributed by atoms with Gasteiger partial charge in [-0.1, -0.05) is 0 Å². The highest BCUT2D eigenvalue weighted by molar-refractivity contribution is 5.90. The molecule has 192 valence electrons. The first-order chi connectivity index (χ1) is 16.0. The number of likely N-dealkylation sites (tertiary alicyclic amines) is 1. The zero-order valence-electron chi connectivity index (χ0n) is 20.0. The number of carbonyl (C=O) groups is 3. The normalized spacial score (nSPS) is 39.7. The minimum Gasteiger partial charge on any atom is -0.388 e. The molecule has 0 saturated carbocycles. The van der Waals surface area contributed by atoms with Gasteiger partial charge in [-0.05, 0) is 40.4 Å². The van der Waals surface area contributed by atoms with E-state index in [0.29, 0.717) is 38.9 Å². The Kier molecular flexibility index (Phi) is 7.19. The summed E-state index contributed by atoms with van der Waals surface area (Å²) in [5, 5.41) is 37.0. The van der Waals surface area contributed by atoms with E-state index in [1.54, 1.807) is 4.90 Å². The monoisotopic (exact) mass is 483 g/mol. The topological polar surface area (TPSA) is 155 Å². The predicted octanol–water partition coefficient (Wildman–Crippen LogP) is -3.53. The van der Waals surface area contributed by atoms with E-state index in [-0.39, 0.29) is 30.8 Å². The molecule has 4 fully saturated rings. The second kappa shape index (κ2) is 9.67. The number of nitrogens with one attached hydrogen (secondary N) is 2. The molecule has 5 N–H and O–H groups in total. The molecule has 2 bridgehead atoms. The summed E-state index contributed by atoms with van der Waals surface area (Å²) in [6.07, 6.45) is -5.62. The van der Waals surface area contributed by atoms with Crippen LogP contribution in [0.2, 0.25) is 0 Å². The number of aliphatic hydroxyl groups is 3. The van der Waals surface area contributed by atoms with Gasteiger partial charge in [-0.2, -0.15) is 0 Å². The van der Waals surface area contributed by atoms with E-state index in [0.717, 1.165) is 0 Å².